The zero-order valence-corrected chi connectivity index (χ0v) is 11.0. The summed E-state index contributed by atoms with van der Waals surface area (Å²) in [5.41, 5.74) is 0. The van der Waals surface area contributed by atoms with Gasteiger partial charge in [0.05, 0.1) is 5.75 Å². The third-order valence-corrected chi connectivity index (χ3v) is 2.67. The quantitative estimate of drug-likeness (QED) is 0.761. The first-order valence-electron chi connectivity index (χ1n) is 5.24. The number of nitrogens with zero attached hydrogens (tertiary/aromatic N) is 1. The molecule has 0 spiro atoms. The highest BCUT2D eigenvalue weighted by Crippen LogP contribution is 2.15. The van der Waals surface area contributed by atoms with Crippen molar-refractivity contribution in [2.24, 2.45) is 0 Å². The molecule has 1 heterocycles. The van der Waals surface area contributed by atoms with Crippen molar-refractivity contribution in [3.63, 3.8) is 0 Å². The first-order valence-corrected chi connectivity index (χ1v) is 6.64. The summed E-state index contributed by atoms with van der Waals surface area (Å²) in [5.74, 6) is -2.24. The summed E-state index contributed by atoms with van der Waals surface area (Å²) in [6.07, 6.45) is 1.87. The fourth-order valence-corrected chi connectivity index (χ4v) is 1.83. The van der Waals surface area contributed by atoms with Gasteiger partial charge in [-0.1, -0.05) is 0 Å². The van der Waals surface area contributed by atoms with Crippen LogP contribution in [0.2, 0.25) is 0 Å². The maximum atomic E-state index is 11.9. The first kappa shape index (κ1) is 15.1. The molecule has 0 unspecified atom stereocenters. The van der Waals surface area contributed by atoms with E-state index >= 15 is 0 Å². The third-order valence-electron chi connectivity index (χ3n) is 2.10. The molecule has 0 saturated carbocycles. The number of rotatable bonds is 7. The van der Waals surface area contributed by atoms with Crippen molar-refractivity contribution in [1.29, 1.82) is 0 Å². The van der Waals surface area contributed by atoms with Gasteiger partial charge in [0.15, 0.2) is 5.76 Å². The SMILES string of the molecule is CSCc1ccc(C(=O)N(CC(=O)O)CC(=O)O)o1. The maximum Gasteiger partial charge on any atom is 0.323 e. The Morgan fingerprint density at radius 3 is 2.26 bits per heavy atom. The lowest BCUT2D eigenvalue weighted by molar-refractivity contribution is -0.140. The monoisotopic (exact) mass is 287 g/mol. The summed E-state index contributed by atoms with van der Waals surface area (Å²) in [6, 6.07) is 3.01. The van der Waals surface area contributed by atoms with Crippen LogP contribution in [-0.4, -0.2) is 52.3 Å². The van der Waals surface area contributed by atoms with Crippen LogP contribution in [0.25, 0.3) is 0 Å². The van der Waals surface area contributed by atoms with Gasteiger partial charge < -0.3 is 19.5 Å². The number of furan rings is 1. The fourth-order valence-electron chi connectivity index (χ4n) is 1.39. The maximum absolute atomic E-state index is 11.9. The number of carboxylic acid groups (broad SMARTS) is 2. The molecule has 1 rings (SSSR count). The van der Waals surface area contributed by atoms with Gasteiger partial charge in [0.1, 0.15) is 18.8 Å². The molecule has 0 aliphatic rings. The van der Waals surface area contributed by atoms with E-state index in [-0.39, 0.29) is 5.76 Å². The first-order chi connectivity index (χ1) is 8.93. The summed E-state index contributed by atoms with van der Waals surface area (Å²) >= 11 is 1.50. The molecule has 0 radical (unpaired) electrons. The lowest BCUT2D eigenvalue weighted by Gasteiger charge is -2.16. The largest absolute Gasteiger partial charge is 0.480 e. The summed E-state index contributed by atoms with van der Waals surface area (Å²) in [5, 5.41) is 17.3. The number of carbonyl (C=O) groups is 3. The molecule has 0 bridgehead atoms. The van der Waals surface area contributed by atoms with Gasteiger partial charge in [-0.2, -0.15) is 11.8 Å². The Kier molecular flexibility index (Phi) is 5.43. The van der Waals surface area contributed by atoms with Gasteiger partial charge in [0, 0.05) is 0 Å². The molecule has 7 nitrogen and oxygen atoms in total. The Morgan fingerprint density at radius 1 is 1.21 bits per heavy atom. The molecular weight excluding hydrogens is 274 g/mol. The molecule has 104 valence electrons. The molecule has 0 aliphatic heterocycles. The predicted molar refractivity (Wildman–Crippen MR) is 67.1 cm³/mol. The van der Waals surface area contributed by atoms with Crippen molar-refractivity contribution >= 4 is 29.6 Å². The highest BCUT2D eigenvalue weighted by molar-refractivity contribution is 7.97. The summed E-state index contributed by atoms with van der Waals surface area (Å²) in [6.45, 7) is -1.38. The van der Waals surface area contributed by atoms with E-state index in [9.17, 15) is 14.4 Å². The van der Waals surface area contributed by atoms with Crippen molar-refractivity contribution in [2.45, 2.75) is 5.75 Å². The van der Waals surface area contributed by atoms with Crippen LogP contribution in [0, 0.1) is 0 Å². The van der Waals surface area contributed by atoms with Crippen LogP contribution >= 0.6 is 11.8 Å². The van der Waals surface area contributed by atoms with Crippen LogP contribution in [-0.2, 0) is 15.3 Å². The Morgan fingerprint density at radius 2 is 1.79 bits per heavy atom. The van der Waals surface area contributed by atoms with E-state index in [1.54, 1.807) is 6.07 Å². The van der Waals surface area contributed by atoms with E-state index in [1.165, 1.54) is 17.8 Å². The predicted octanol–water partition coefficient (Wildman–Crippen LogP) is 0.754. The van der Waals surface area contributed by atoms with Crippen molar-refractivity contribution < 1.29 is 29.0 Å². The van der Waals surface area contributed by atoms with Gasteiger partial charge in [0.25, 0.3) is 5.91 Å². The van der Waals surface area contributed by atoms with Gasteiger partial charge in [-0.15, -0.1) is 0 Å². The van der Waals surface area contributed by atoms with Crippen molar-refractivity contribution in [3.05, 3.63) is 23.7 Å². The molecule has 0 saturated heterocycles. The lowest BCUT2D eigenvalue weighted by Crippen LogP contribution is -2.39. The molecule has 1 amide bonds. The Hall–Kier alpha value is -1.96. The Labute approximate surface area is 113 Å². The molecule has 2 N–H and O–H groups in total. The summed E-state index contributed by atoms with van der Waals surface area (Å²) < 4.78 is 5.23. The average molecular weight is 287 g/mol. The van der Waals surface area contributed by atoms with Crippen LogP contribution in [0.3, 0.4) is 0 Å². The molecule has 19 heavy (non-hydrogen) atoms. The fraction of sp³-hybridized carbons (Fsp3) is 0.364. The number of thioether (sulfide) groups is 1. The molecule has 0 atom stereocenters. The van der Waals surface area contributed by atoms with E-state index in [4.69, 9.17) is 14.6 Å². The molecule has 0 fully saturated rings. The second-order valence-corrected chi connectivity index (χ2v) is 4.51. The zero-order valence-electron chi connectivity index (χ0n) is 10.2. The minimum absolute atomic E-state index is 0.0634. The molecular formula is C11H13NO6S. The average Bonchev–Trinajstić information content (AvgIpc) is 2.75. The van der Waals surface area contributed by atoms with E-state index in [0.717, 1.165) is 0 Å². The second kappa shape index (κ2) is 6.83. The van der Waals surface area contributed by atoms with Crippen LogP contribution in [0.15, 0.2) is 16.5 Å². The highest BCUT2D eigenvalue weighted by Gasteiger charge is 2.23. The minimum atomic E-state index is -1.29. The van der Waals surface area contributed by atoms with Crippen molar-refractivity contribution in [3.8, 4) is 0 Å². The van der Waals surface area contributed by atoms with Gasteiger partial charge in [-0.05, 0) is 18.4 Å². The normalized spacial score (nSPS) is 10.2. The standard InChI is InChI=1S/C11H13NO6S/c1-19-6-7-2-3-8(18-7)11(17)12(4-9(13)14)5-10(15)16/h2-3H,4-6H2,1H3,(H,13,14)(H,15,16). The van der Waals surface area contributed by atoms with Gasteiger partial charge in [-0.25, -0.2) is 0 Å². The number of aliphatic carboxylic acids is 2. The Balaban J connectivity index is 2.84. The van der Waals surface area contributed by atoms with Gasteiger partial charge >= 0.3 is 11.9 Å². The topological polar surface area (TPSA) is 108 Å². The lowest BCUT2D eigenvalue weighted by atomic mass is 10.3. The molecule has 0 aromatic carbocycles. The third kappa shape index (κ3) is 4.66. The minimum Gasteiger partial charge on any atom is -0.480 e. The van der Waals surface area contributed by atoms with Crippen LogP contribution < -0.4 is 0 Å². The zero-order chi connectivity index (χ0) is 14.4. The van der Waals surface area contributed by atoms with Gasteiger partial charge in [-0.3, -0.25) is 14.4 Å². The number of amides is 1. The number of carboxylic acids is 2. The van der Waals surface area contributed by atoms with Crippen molar-refractivity contribution in [1.82, 2.24) is 4.90 Å². The summed E-state index contributed by atoms with van der Waals surface area (Å²) in [7, 11) is 0. The number of carbonyl (C=O) groups excluding carboxylic acids is 1. The molecule has 0 aliphatic carbocycles. The van der Waals surface area contributed by atoms with Gasteiger partial charge in [0.2, 0.25) is 0 Å². The molecule has 1 aromatic rings. The number of hydrogen-bond donors (Lipinski definition) is 2. The summed E-state index contributed by atoms with van der Waals surface area (Å²) in [4.78, 5) is 33.9. The number of hydrogen-bond acceptors (Lipinski definition) is 5. The van der Waals surface area contributed by atoms with E-state index < -0.39 is 30.9 Å². The van der Waals surface area contributed by atoms with Crippen molar-refractivity contribution in [2.75, 3.05) is 19.3 Å². The Bertz CT molecular complexity index is 467. The molecule has 1 aromatic heterocycles. The molecule has 8 heteroatoms. The van der Waals surface area contributed by atoms with Crippen LogP contribution in [0.4, 0.5) is 0 Å². The van der Waals surface area contributed by atoms with E-state index in [2.05, 4.69) is 0 Å². The van der Waals surface area contributed by atoms with E-state index in [0.29, 0.717) is 16.4 Å². The smallest absolute Gasteiger partial charge is 0.323 e. The van der Waals surface area contributed by atoms with Crippen LogP contribution in [0.1, 0.15) is 16.3 Å². The second-order valence-electron chi connectivity index (χ2n) is 3.65. The van der Waals surface area contributed by atoms with Crippen LogP contribution in [0.5, 0.6) is 0 Å². The highest BCUT2D eigenvalue weighted by atomic mass is 32.2. The van der Waals surface area contributed by atoms with E-state index in [1.807, 2.05) is 6.26 Å².